The molecule has 1 saturated heterocycles. The van der Waals surface area contributed by atoms with Gasteiger partial charge in [-0.25, -0.2) is 0 Å². The molecule has 29 heavy (non-hydrogen) atoms. The Balaban J connectivity index is 1.72. The number of hydrogen-bond acceptors (Lipinski definition) is 4. The Kier molecular flexibility index (Phi) is 6.59. The maximum absolute atomic E-state index is 12.1. The molecule has 1 heterocycles. The molecule has 1 amide bonds. The highest BCUT2D eigenvalue weighted by molar-refractivity contribution is 5.73. The van der Waals surface area contributed by atoms with Crippen LogP contribution in [0.1, 0.15) is 57.6 Å². The predicted molar refractivity (Wildman–Crippen MR) is 116 cm³/mol. The van der Waals surface area contributed by atoms with Crippen LogP contribution in [0.2, 0.25) is 0 Å². The number of ether oxygens (including phenoxy) is 1. The minimum atomic E-state index is -1.08. The van der Waals surface area contributed by atoms with Gasteiger partial charge in [0.2, 0.25) is 5.91 Å². The van der Waals surface area contributed by atoms with E-state index < -0.39 is 5.60 Å². The largest absolute Gasteiger partial charge is 0.490 e. The molecule has 1 aromatic rings. The van der Waals surface area contributed by atoms with Gasteiger partial charge in [-0.1, -0.05) is 19.9 Å². The Morgan fingerprint density at radius 2 is 1.83 bits per heavy atom. The van der Waals surface area contributed by atoms with Crippen molar-refractivity contribution in [2.75, 3.05) is 32.8 Å². The summed E-state index contributed by atoms with van der Waals surface area (Å²) < 4.78 is 6.02. The number of rotatable bonds is 4. The molecular formula is C24H38N2O3. The number of amides is 1. The van der Waals surface area contributed by atoms with Crippen LogP contribution in [0.15, 0.2) is 18.2 Å². The topological polar surface area (TPSA) is 53.0 Å². The van der Waals surface area contributed by atoms with E-state index in [-0.39, 0.29) is 12.5 Å². The van der Waals surface area contributed by atoms with Crippen molar-refractivity contribution in [2.45, 2.75) is 71.9 Å². The fourth-order valence-corrected chi connectivity index (χ4v) is 4.63. The van der Waals surface area contributed by atoms with Gasteiger partial charge >= 0.3 is 0 Å². The van der Waals surface area contributed by atoms with Crippen molar-refractivity contribution in [3.05, 3.63) is 29.3 Å². The van der Waals surface area contributed by atoms with Gasteiger partial charge in [-0.3, -0.25) is 9.69 Å². The fourth-order valence-electron chi connectivity index (χ4n) is 4.63. The number of carbonyl (C=O) groups is 1. The SMILES string of the molecule is CC(=O)N1CCN(C2CCC(C)(C)CC2)CC(O)(COc2ccc(C)c(C)c2)C1. The lowest BCUT2D eigenvalue weighted by molar-refractivity contribution is -0.132. The Hall–Kier alpha value is -1.59. The molecular weight excluding hydrogens is 364 g/mol. The number of aliphatic hydroxyl groups is 1. The molecule has 2 fully saturated rings. The van der Waals surface area contributed by atoms with E-state index in [0.29, 0.717) is 31.1 Å². The quantitative estimate of drug-likeness (QED) is 0.837. The van der Waals surface area contributed by atoms with Crippen LogP contribution in [0.4, 0.5) is 0 Å². The van der Waals surface area contributed by atoms with Gasteiger partial charge < -0.3 is 14.7 Å². The predicted octanol–water partition coefficient (Wildman–Crippen LogP) is 3.55. The van der Waals surface area contributed by atoms with Crippen LogP contribution in [0, 0.1) is 19.3 Å². The van der Waals surface area contributed by atoms with Gasteiger partial charge in [0.15, 0.2) is 0 Å². The van der Waals surface area contributed by atoms with Crippen LogP contribution in [-0.4, -0.2) is 65.2 Å². The summed E-state index contributed by atoms with van der Waals surface area (Å²) in [6, 6.07) is 6.48. The van der Waals surface area contributed by atoms with Gasteiger partial charge in [0, 0.05) is 32.6 Å². The maximum Gasteiger partial charge on any atom is 0.219 e. The average molecular weight is 403 g/mol. The lowest BCUT2D eigenvalue weighted by atomic mass is 9.75. The zero-order valence-electron chi connectivity index (χ0n) is 18.8. The molecule has 5 nitrogen and oxygen atoms in total. The Morgan fingerprint density at radius 3 is 2.45 bits per heavy atom. The summed E-state index contributed by atoms with van der Waals surface area (Å²) in [5, 5.41) is 11.5. The molecule has 5 heteroatoms. The van der Waals surface area contributed by atoms with Crippen LogP contribution in [-0.2, 0) is 4.79 Å². The number of aryl methyl sites for hydroxylation is 2. The second kappa shape index (κ2) is 8.65. The van der Waals surface area contributed by atoms with E-state index in [4.69, 9.17) is 4.74 Å². The summed E-state index contributed by atoms with van der Waals surface area (Å²) in [6.45, 7) is 13.0. The second-order valence-electron chi connectivity index (χ2n) is 10.1. The summed E-state index contributed by atoms with van der Waals surface area (Å²) in [5.41, 5.74) is 1.73. The van der Waals surface area contributed by atoms with Gasteiger partial charge in [0.25, 0.3) is 0 Å². The number of carbonyl (C=O) groups excluding carboxylic acids is 1. The average Bonchev–Trinajstić information content (AvgIpc) is 2.83. The monoisotopic (exact) mass is 402 g/mol. The summed E-state index contributed by atoms with van der Waals surface area (Å²) in [6.07, 6.45) is 4.73. The number of benzene rings is 1. The molecule has 1 saturated carbocycles. The van der Waals surface area contributed by atoms with Gasteiger partial charge in [-0.15, -0.1) is 0 Å². The molecule has 0 radical (unpaired) electrons. The first-order valence-corrected chi connectivity index (χ1v) is 11.0. The molecule has 162 valence electrons. The summed E-state index contributed by atoms with van der Waals surface area (Å²) >= 11 is 0. The third kappa shape index (κ3) is 5.73. The zero-order valence-corrected chi connectivity index (χ0v) is 18.8. The molecule has 1 N–H and O–H groups in total. The van der Waals surface area contributed by atoms with Gasteiger partial charge in [-0.2, -0.15) is 0 Å². The van der Waals surface area contributed by atoms with E-state index >= 15 is 0 Å². The first kappa shape index (κ1) is 22.1. The Morgan fingerprint density at radius 1 is 1.14 bits per heavy atom. The van der Waals surface area contributed by atoms with Crippen molar-refractivity contribution in [2.24, 2.45) is 5.41 Å². The summed E-state index contributed by atoms with van der Waals surface area (Å²) in [4.78, 5) is 16.3. The smallest absolute Gasteiger partial charge is 0.219 e. The zero-order chi connectivity index (χ0) is 21.2. The van der Waals surface area contributed by atoms with E-state index in [1.807, 2.05) is 18.2 Å². The van der Waals surface area contributed by atoms with Gasteiger partial charge in [-0.05, 0) is 68.2 Å². The molecule has 1 aliphatic heterocycles. The molecule has 0 aromatic heterocycles. The molecule has 0 spiro atoms. The number of hydrogen-bond donors (Lipinski definition) is 1. The Labute approximate surface area is 176 Å². The minimum Gasteiger partial charge on any atom is -0.490 e. The van der Waals surface area contributed by atoms with Crippen molar-refractivity contribution >= 4 is 5.91 Å². The molecule has 1 aliphatic carbocycles. The van der Waals surface area contributed by atoms with E-state index in [1.165, 1.54) is 24.0 Å². The second-order valence-corrected chi connectivity index (χ2v) is 10.1. The Bertz CT molecular complexity index is 723. The van der Waals surface area contributed by atoms with Crippen LogP contribution < -0.4 is 4.74 Å². The summed E-state index contributed by atoms with van der Waals surface area (Å²) in [7, 11) is 0. The molecule has 1 atom stereocenters. The third-order valence-electron chi connectivity index (χ3n) is 6.90. The first-order chi connectivity index (χ1) is 13.6. The van der Waals surface area contributed by atoms with Crippen molar-refractivity contribution in [3.63, 3.8) is 0 Å². The molecule has 2 aliphatic rings. The molecule has 0 bridgehead atoms. The van der Waals surface area contributed by atoms with Crippen LogP contribution in [0.25, 0.3) is 0 Å². The first-order valence-electron chi connectivity index (χ1n) is 11.0. The van der Waals surface area contributed by atoms with E-state index in [1.54, 1.807) is 11.8 Å². The van der Waals surface area contributed by atoms with Gasteiger partial charge in [0.05, 0.1) is 6.54 Å². The highest BCUT2D eigenvalue weighted by Gasteiger charge is 2.40. The van der Waals surface area contributed by atoms with Crippen molar-refractivity contribution in [3.8, 4) is 5.75 Å². The van der Waals surface area contributed by atoms with E-state index in [9.17, 15) is 9.90 Å². The maximum atomic E-state index is 12.1. The van der Waals surface area contributed by atoms with Crippen molar-refractivity contribution < 1.29 is 14.6 Å². The number of nitrogens with zero attached hydrogens (tertiary/aromatic N) is 2. The summed E-state index contributed by atoms with van der Waals surface area (Å²) in [5.74, 6) is 0.785. The minimum absolute atomic E-state index is 0.0150. The van der Waals surface area contributed by atoms with Crippen LogP contribution in [0.5, 0.6) is 5.75 Å². The highest BCUT2D eigenvalue weighted by Crippen LogP contribution is 2.37. The van der Waals surface area contributed by atoms with Crippen LogP contribution in [0.3, 0.4) is 0 Å². The van der Waals surface area contributed by atoms with E-state index in [0.717, 1.165) is 25.1 Å². The fraction of sp³-hybridized carbons (Fsp3) is 0.708. The molecule has 3 rings (SSSR count). The third-order valence-corrected chi connectivity index (χ3v) is 6.90. The number of β-amino-alcohol motifs (C(OH)–C–C–N with tert-alkyl or cyclic N) is 1. The van der Waals surface area contributed by atoms with Crippen LogP contribution >= 0.6 is 0 Å². The standard InChI is InChI=1S/C24H38N2O3/c1-18-6-7-22(14-19(18)2)29-17-24(28)15-25(20(3)27)12-13-26(16-24)21-8-10-23(4,5)11-9-21/h6-7,14,21,28H,8-13,15-17H2,1-5H3. The highest BCUT2D eigenvalue weighted by atomic mass is 16.5. The van der Waals surface area contributed by atoms with Crippen molar-refractivity contribution in [1.29, 1.82) is 0 Å². The van der Waals surface area contributed by atoms with Crippen molar-refractivity contribution in [1.82, 2.24) is 9.80 Å². The molecule has 1 aromatic carbocycles. The van der Waals surface area contributed by atoms with E-state index in [2.05, 4.69) is 32.6 Å². The lowest BCUT2D eigenvalue weighted by Gasteiger charge is -2.41. The molecule has 1 unspecified atom stereocenters. The van der Waals surface area contributed by atoms with Gasteiger partial charge in [0.1, 0.15) is 18.0 Å². The normalized spacial score (nSPS) is 26.2. The lowest BCUT2D eigenvalue weighted by Crippen LogP contribution is -2.53.